The Labute approximate surface area is 164 Å². The van der Waals surface area contributed by atoms with Crippen molar-refractivity contribution in [3.63, 3.8) is 0 Å². The number of amides is 2. The van der Waals surface area contributed by atoms with Crippen molar-refractivity contribution < 1.29 is 9.59 Å². The molecule has 0 bridgehead atoms. The molecular formula is C20H25ClN2O2S. The Balaban J connectivity index is 2.11. The van der Waals surface area contributed by atoms with E-state index >= 15 is 0 Å². The van der Waals surface area contributed by atoms with Crippen molar-refractivity contribution in [1.82, 2.24) is 10.6 Å². The van der Waals surface area contributed by atoms with Crippen LogP contribution in [0.3, 0.4) is 0 Å². The van der Waals surface area contributed by atoms with E-state index in [2.05, 4.69) is 30.5 Å². The normalized spacial score (nSPS) is 13.3. The van der Waals surface area contributed by atoms with Crippen LogP contribution < -0.4 is 10.6 Å². The topological polar surface area (TPSA) is 58.2 Å². The summed E-state index contributed by atoms with van der Waals surface area (Å²) in [5.41, 5.74) is 1.48. The van der Waals surface area contributed by atoms with E-state index in [1.165, 1.54) is 9.75 Å². The fraction of sp³-hybridized carbons (Fsp3) is 0.400. The van der Waals surface area contributed by atoms with Crippen LogP contribution in [0.2, 0.25) is 5.02 Å². The first-order chi connectivity index (χ1) is 12.2. The second-order valence-electron chi connectivity index (χ2n) is 6.77. The van der Waals surface area contributed by atoms with Gasteiger partial charge in [-0.3, -0.25) is 9.59 Å². The zero-order valence-electron chi connectivity index (χ0n) is 15.7. The molecule has 6 heteroatoms. The van der Waals surface area contributed by atoms with Crippen molar-refractivity contribution in [2.45, 2.75) is 46.7 Å². The summed E-state index contributed by atoms with van der Waals surface area (Å²) in [5.74, 6) is -0.602. The van der Waals surface area contributed by atoms with Gasteiger partial charge >= 0.3 is 0 Å². The van der Waals surface area contributed by atoms with Gasteiger partial charge in [0.25, 0.3) is 5.91 Å². The number of rotatable bonds is 6. The number of nitrogens with one attached hydrogen (secondary N) is 2. The second-order valence-corrected chi connectivity index (χ2v) is 8.64. The van der Waals surface area contributed by atoms with E-state index in [0.717, 1.165) is 5.56 Å². The van der Waals surface area contributed by atoms with Gasteiger partial charge in [-0.25, -0.2) is 0 Å². The average Bonchev–Trinajstić information content (AvgIpc) is 2.90. The molecule has 2 amide bonds. The van der Waals surface area contributed by atoms with Crippen molar-refractivity contribution in [3.05, 3.63) is 56.2 Å². The first-order valence-electron chi connectivity index (χ1n) is 8.63. The largest absolute Gasteiger partial charge is 0.348 e. The van der Waals surface area contributed by atoms with Crippen LogP contribution in [0.4, 0.5) is 0 Å². The quantitative estimate of drug-likeness (QED) is 0.751. The molecule has 26 heavy (non-hydrogen) atoms. The predicted molar refractivity (Wildman–Crippen MR) is 108 cm³/mol. The number of hydrogen-bond acceptors (Lipinski definition) is 3. The Kier molecular flexibility index (Phi) is 6.84. The summed E-state index contributed by atoms with van der Waals surface area (Å²) in [6, 6.07) is 8.15. The molecule has 1 aromatic heterocycles. The van der Waals surface area contributed by atoms with Crippen molar-refractivity contribution in [2.75, 3.05) is 0 Å². The Hall–Kier alpha value is -1.85. The van der Waals surface area contributed by atoms with Crippen LogP contribution in [0.15, 0.2) is 30.3 Å². The number of aryl methyl sites for hydroxylation is 2. The van der Waals surface area contributed by atoms with Gasteiger partial charge in [0, 0.05) is 9.75 Å². The summed E-state index contributed by atoms with van der Waals surface area (Å²) in [6.45, 7) is 9.87. The number of hydrogen-bond donors (Lipinski definition) is 2. The highest BCUT2D eigenvalue weighted by Gasteiger charge is 2.27. The minimum Gasteiger partial charge on any atom is -0.348 e. The lowest BCUT2D eigenvalue weighted by Crippen LogP contribution is -2.50. The lowest BCUT2D eigenvalue weighted by molar-refractivity contribution is -0.124. The van der Waals surface area contributed by atoms with Crippen LogP contribution in [0.5, 0.6) is 0 Å². The van der Waals surface area contributed by atoms with E-state index in [4.69, 9.17) is 11.6 Å². The van der Waals surface area contributed by atoms with Gasteiger partial charge in [0.05, 0.1) is 16.6 Å². The molecule has 0 aliphatic heterocycles. The maximum atomic E-state index is 12.8. The fourth-order valence-electron chi connectivity index (χ4n) is 2.86. The molecule has 2 aromatic rings. The molecule has 2 atom stereocenters. The van der Waals surface area contributed by atoms with Crippen LogP contribution in [0.1, 0.15) is 52.5 Å². The maximum absolute atomic E-state index is 12.8. The molecule has 140 valence electrons. The summed E-state index contributed by atoms with van der Waals surface area (Å²) in [6.07, 6.45) is 0. The Morgan fingerprint density at radius 3 is 2.27 bits per heavy atom. The fourth-order valence-corrected chi connectivity index (χ4v) is 4.10. The van der Waals surface area contributed by atoms with Gasteiger partial charge in [-0.05, 0) is 50.5 Å². The molecule has 0 aliphatic rings. The number of thiophene rings is 1. The molecule has 0 aliphatic carbocycles. The molecule has 4 nitrogen and oxygen atoms in total. The minimum absolute atomic E-state index is 0.0565. The number of carbonyl (C=O) groups is 2. The molecule has 0 saturated carbocycles. The van der Waals surface area contributed by atoms with E-state index in [9.17, 15) is 9.59 Å². The highest BCUT2D eigenvalue weighted by atomic mass is 35.5. The molecule has 0 radical (unpaired) electrons. The molecule has 1 heterocycles. The molecule has 2 N–H and O–H groups in total. The molecule has 2 rings (SSSR count). The zero-order chi connectivity index (χ0) is 19.4. The van der Waals surface area contributed by atoms with Crippen LogP contribution in [0, 0.1) is 19.8 Å². The van der Waals surface area contributed by atoms with Crippen LogP contribution in [0.25, 0.3) is 0 Å². The summed E-state index contributed by atoms with van der Waals surface area (Å²) in [5, 5.41) is 6.21. The highest BCUT2D eigenvalue weighted by molar-refractivity contribution is 7.12. The highest BCUT2D eigenvalue weighted by Crippen LogP contribution is 2.26. The van der Waals surface area contributed by atoms with Crippen LogP contribution >= 0.6 is 22.9 Å². The third kappa shape index (κ3) is 4.86. The number of benzene rings is 1. The van der Waals surface area contributed by atoms with Crippen molar-refractivity contribution in [3.8, 4) is 0 Å². The SMILES string of the molecule is Cc1cc([C@H](C)NC(=O)[C@H](NC(=O)c2ccccc2Cl)C(C)C)c(C)s1. The minimum atomic E-state index is -0.638. The van der Waals surface area contributed by atoms with Crippen LogP contribution in [-0.2, 0) is 4.79 Å². The van der Waals surface area contributed by atoms with Gasteiger partial charge in [0.2, 0.25) is 5.91 Å². The lowest BCUT2D eigenvalue weighted by atomic mass is 10.0. The van der Waals surface area contributed by atoms with Gasteiger partial charge in [-0.15, -0.1) is 11.3 Å². The van der Waals surface area contributed by atoms with Gasteiger partial charge in [0.15, 0.2) is 0 Å². The Morgan fingerprint density at radius 1 is 1.08 bits per heavy atom. The molecule has 0 fully saturated rings. The molecular weight excluding hydrogens is 368 g/mol. The third-order valence-electron chi connectivity index (χ3n) is 4.26. The molecule has 0 unspecified atom stereocenters. The zero-order valence-corrected chi connectivity index (χ0v) is 17.3. The number of carbonyl (C=O) groups excluding carboxylic acids is 2. The van der Waals surface area contributed by atoms with Crippen molar-refractivity contribution >= 4 is 34.8 Å². The van der Waals surface area contributed by atoms with E-state index in [-0.39, 0.29) is 23.8 Å². The maximum Gasteiger partial charge on any atom is 0.253 e. The van der Waals surface area contributed by atoms with Gasteiger partial charge in [-0.1, -0.05) is 37.6 Å². The van der Waals surface area contributed by atoms with Gasteiger partial charge in [0.1, 0.15) is 6.04 Å². The average molecular weight is 393 g/mol. The lowest BCUT2D eigenvalue weighted by Gasteiger charge is -2.24. The first kappa shape index (κ1) is 20.5. The Bertz CT molecular complexity index is 801. The standard InChI is InChI=1S/C20H25ClN2O2S/c1-11(2)18(23-19(24)15-8-6-7-9-17(15)21)20(25)22-13(4)16-10-12(3)26-14(16)5/h6-11,13,18H,1-5H3,(H,22,25)(H,23,24)/t13-,18+/m0/s1. The van der Waals surface area contributed by atoms with Crippen molar-refractivity contribution in [2.24, 2.45) is 5.92 Å². The van der Waals surface area contributed by atoms with E-state index in [1.807, 2.05) is 20.8 Å². The molecule has 0 spiro atoms. The number of halogens is 1. The summed E-state index contributed by atoms with van der Waals surface area (Å²) in [7, 11) is 0. The van der Waals surface area contributed by atoms with E-state index < -0.39 is 6.04 Å². The van der Waals surface area contributed by atoms with Gasteiger partial charge < -0.3 is 10.6 Å². The first-order valence-corrected chi connectivity index (χ1v) is 9.82. The van der Waals surface area contributed by atoms with Crippen LogP contribution in [-0.4, -0.2) is 17.9 Å². The Morgan fingerprint density at radius 2 is 1.73 bits per heavy atom. The van der Waals surface area contributed by atoms with E-state index in [0.29, 0.717) is 10.6 Å². The van der Waals surface area contributed by atoms with Crippen molar-refractivity contribution in [1.29, 1.82) is 0 Å². The third-order valence-corrected chi connectivity index (χ3v) is 5.57. The smallest absolute Gasteiger partial charge is 0.253 e. The monoisotopic (exact) mass is 392 g/mol. The second kappa shape index (κ2) is 8.69. The summed E-state index contributed by atoms with van der Waals surface area (Å²) >= 11 is 7.80. The predicted octanol–water partition coefficient (Wildman–Crippen LogP) is 4.65. The van der Waals surface area contributed by atoms with E-state index in [1.54, 1.807) is 35.6 Å². The molecule has 0 saturated heterocycles. The summed E-state index contributed by atoms with van der Waals surface area (Å²) in [4.78, 5) is 27.7. The van der Waals surface area contributed by atoms with Gasteiger partial charge in [-0.2, -0.15) is 0 Å². The molecule has 1 aromatic carbocycles. The summed E-state index contributed by atoms with van der Waals surface area (Å²) < 4.78 is 0.